The molecule has 86 valence electrons. The van der Waals surface area contributed by atoms with Crippen molar-refractivity contribution in [3.8, 4) is 0 Å². The molecule has 0 aliphatic carbocycles. The Morgan fingerprint density at radius 2 is 2.38 bits per heavy atom. The van der Waals surface area contributed by atoms with Gasteiger partial charge in [0.2, 0.25) is 5.91 Å². The van der Waals surface area contributed by atoms with E-state index in [1.54, 1.807) is 0 Å². The van der Waals surface area contributed by atoms with Crippen LogP contribution in [0.15, 0.2) is 18.9 Å². The minimum absolute atomic E-state index is 0.164. The van der Waals surface area contributed by atoms with Gasteiger partial charge in [-0.3, -0.25) is 9.59 Å². The predicted octanol–water partition coefficient (Wildman–Crippen LogP) is -0.445. The van der Waals surface area contributed by atoms with Crippen LogP contribution in [-0.4, -0.2) is 32.0 Å². The number of aliphatic carboxylic acids is 1. The quantitative estimate of drug-likeness (QED) is 0.638. The monoisotopic (exact) mass is 224 g/mol. The predicted molar refractivity (Wildman–Crippen MR) is 54.3 cm³/mol. The molecule has 1 amide bonds. The summed E-state index contributed by atoms with van der Waals surface area (Å²) in [4.78, 5) is 21.4. The van der Waals surface area contributed by atoms with E-state index in [1.807, 2.05) is 0 Å². The fourth-order valence-corrected chi connectivity index (χ4v) is 1.03. The molecule has 1 aromatic heterocycles. The maximum atomic E-state index is 11.1. The highest BCUT2D eigenvalue weighted by atomic mass is 16.4. The number of nitrogens with zero attached hydrogens (tertiary/aromatic N) is 3. The van der Waals surface area contributed by atoms with Gasteiger partial charge in [0.25, 0.3) is 0 Å². The van der Waals surface area contributed by atoms with E-state index in [0.717, 1.165) is 0 Å². The van der Waals surface area contributed by atoms with Crippen molar-refractivity contribution in [1.29, 1.82) is 0 Å². The highest BCUT2D eigenvalue weighted by Crippen LogP contribution is 1.93. The Hall–Kier alpha value is -2.18. The van der Waals surface area contributed by atoms with Gasteiger partial charge in [-0.05, 0) is 0 Å². The van der Waals surface area contributed by atoms with Crippen LogP contribution in [0.2, 0.25) is 0 Å². The molecule has 0 atom stereocenters. The van der Waals surface area contributed by atoms with Gasteiger partial charge >= 0.3 is 5.97 Å². The van der Waals surface area contributed by atoms with Crippen LogP contribution >= 0.6 is 0 Å². The standard InChI is InChI=1S/C9H12N4O3/c1-2-3-8(14)10-4-7-5-13(12-11-7)6-9(15)16/h2,5H,1,3-4,6H2,(H,10,14)(H,15,16). The lowest BCUT2D eigenvalue weighted by Crippen LogP contribution is -2.21. The van der Waals surface area contributed by atoms with E-state index >= 15 is 0 Å². The summed E-state index contributed by atoms with van der Waals surface area (Å²) in [6.45, 7) is 3.42. The SMILES string of the molecule is C=CCC(=O)NCc1cn(CC(=O)O)nn1. The van der Waals surface area contributed by atoms with Gasteiger partial charge < -0.3 is 10.4 Å². The Morgan fingerprint density at radius 1 is 1.62 bits per heavy atom. The summed E-state index contributed by atoms with van der Waals surface area (Å²) in [5, 5.41) is 18.4. The number of hydrogen-bond acceptors (Lipinski definition) is 4. The molecule has 0 aliphatic rings. The van der Waals surface area contributed by atoms with E-state index < -0.39 is 5.97 Å². The summed E-state index contributed by atoms with van der Waals surface area (Å²) in [7, 11) is 0. The molecule has 0 saturated carbocycles. The van der Waals surface area contributed by atoms with E-state index in [0.29, 0.717) is 5.69 Å². The van der Waals surface area contributed by atoms with E-state index in [4.69, 9.17) is 5.11 Å². The fourth-order valence-electron chi connectivity index (χ4n) is 1.03. The molecule has 1 rings (SSSR count). The topological polar surface area (TPSA) is 97.1 Å². The average Bonchev–Trinajstić information content (AvgIpc) is 2.62. The van der Waals surface area contributed by atoms with Gasteiger partial charge in [0.05, 0.1) is 12.7 Å². The van der Waals surface area contributed by atoms with Crippen molar-refractivity contribution in [2.75, 3.05) is 0 Å². The van der Waals surface area contributed by atoms with Crippen LogP contribution in [0.4, 0.5) is 0 Å². The molecule has 1 aromatic rings. The molecule has 0 unspecified atom stereocenters. The first kappa shape index (κ1) is 11.9. The lowest BCUT2D eigenvalue weighted by molar-refractivity contribution is -0.138. The summed E-state index contributed by atoms with van der Waals surface area (Å²) in [5.74, 6) is -1.16. The van der Waals surface area contributed by atoms with Crippen LogP contribution in [0.5, 0.6) is 0 Å². The maximum absolute atomic E-state index is 11.1. The van der Waals surface area contributed by atoms with Crippen molar-refractivity contribution < 1.29 is 14.7 Å². The summed E-state index contributed by atoms with van der Waals surface area (Å²) in [6, 6.07) is 0. The molecule has 0 aromatic carbocycles. The molecule has 0 spiro atoms. The summed E-state index contributed by atoms with van der Waals surface area (Å²) in [6.07, 6.45) is 3.21. The van der Waals surface area contributed by atoms with Gasteiger partial charge in [0.15, 0.2) is 0 Å². The largest absolute Gasteiger partial charge is 0.480 e. The second-order valence-electron chi connectivity index (χ2n) is 3.07. The highest BCUT2D eigenvalue weighted by Gasteiger charge is 2.05. The number of hydrogen-bond donors (Lipinski definition) is 2. The smallest absolute Gasteiger partial charge is 0.325 e. The molecule has 0 aliphatic heterocycles. The van der Waals surface area contributed by atoms with Crippen molar-refractivity contribution in [3.63, 3.8) is 0 Å². The number of rotatable bonds is 6. The second kappa shape index (κ2) is 5.64. The van der Waals surface area contributed by atoms with Crippen molar-refractivity contribution >= 4 is 11.9 Å². The molecular weight excluding hydrogens is 212 g/mol. The molecular formula is C9H12N4O3. The first-order chi connectivity index (χ1) is 7.61. The highest BCUT2D eigenvalue weighted by molar-refractivity contribution is 5.77. The number of nitrogens with one attached hydrogen (secondary N) is 1. The minimum Gasteiger partial charge on any atom is -0.480 e. The Bertz CT molecular complexity index is 399. The Morgan fingerprint density at radius 3 is 3.00 bits per heavy atom. The van der Waals surface area contributed by atoms with Crippen LogP contribution in [0.1, 0.15) is 12.1 Å². The molecule has 1 heterocycles. The van der Waals surface area contributed by atoms with Gasteiger partial charge in [-0.25, -0.2) is 4.68 Å². The molecule has 16 heavy (non-hydrogen) atoms. The van der Waals surface area contributed by atoms with Gasteiger partial charge in [0.1, 0.15) is 12.2 Å². The fraction of sp³-hybridized carbons (Fsp3) is 0.333. The summed E-state index contributed by atoms with van der Waals surface area (Å²) in [5.41, 5.74) is 0.513. The number of carbonyl (C=O) groups excluding carboxylic acids is 1. The van der Waals surface area contributed by atoms with Gasteiger partial charge in [-0.2, -0.15) is 0 Å². The van der Waals surface area contributed by atoms with Crippen molar-refractivity contribution in [1.82, 2.24) is 20.3 Å². The minimum atomic E-state index is -0.993. The first-order valence-electron chi connectivity index (χ1n) is 4.60. The zero-order valence-electron chi connectivity index (χ0n) is 8.59. The second-order valence-corrected chi connectivity index (χ2v) is 3.07. The third-order valence-corrected chi connectivity index (χ3v) is 1.68. The van der Waals surface area contributed by atoms with Crippen molar-refractivity contribution in [3.05, 3.63) is 24.5 Å². The molecule has 0 fully saturated rings. The van der Waals surface area contributed by atoms with Crippen LogP contribution in [0.25, 0.3) is 0 Å². The third-order valence-electron chi connectivity index (χ3n) is 1.68. The Balaban J connectivity index is 2.43. The van der Waals surface area contributed by atoms with E-state index in [9.17, 15) is 9.59 Å². The number of amides is 1. The Labute approximate surface area is 91.8 Å². The van der Waals surface area contributed by atoms with E-state index in [-0.39, 0.29) is 25.4 Å². The number of aromatic nitrogens is 3. The van der Waals surface area contributed by atoms with Gasteiger partial charge in [-0.1, -0.05) is 11.3 Å². The van der Waals surface area contributed by atoms with Crippen LogP contribution in [0, 0.1) is 0 Å². The zero-order chi connectivity index (χ0) is 12.0. The molecule has 0 bridgehead atoms. The third kappa shape index (κ3) is 3.91. The average molecular weight is 224 g/mol. The first-order valence-corrected chi connectivity index (χ1v) is 4.60. The number of carboxylic acid groups (broad SMARTS) is 1. The lowest BCUT2D eigenvalue weighted by atomic mass is 10.4. The molecule has 2 N–H and O–H groups in total. The van der Waals surface area contributed by atoms with Crippen LogP contribution in [0.3, 0.4) is 0 Å². The zero-order valence-corrected chi connectivity index (χ0v) is 8.59. The number of carbonyl (C=O) groups is 2. The maximum Gasteiger partial charge on any atom is 0.325 e. The molecule has 7 heteroatoms. The van der Waals surface area contributed by atoms with E-state index in [2.05, 4.69) is 22.2 Å². The van der Waals surface area contributed by atoms with Crippen molar-refractivity contribution in [2.24, 2.45) is 0 Å². The van der Waals surface area contributed by atoms with Crippen molar-refractivity contribution in [2.45, 2.75) is 19.5 Å². The molecule has 0 saturated heterocycles. The Kier molecular flexibility index (Phi) is 4.19. The van der Waals surface area contributed by atoms with Crippen LogP contribution < -0.4 is 5.32 Å². The normalized spacial score (nSPS) is 9.75. The van der Waals surface area contributed by atoms with Crippen LogP contribution in [-0.2, 0) is 22.7 Å². The number of carboxylic acids is 1. The lowest BCUT2D eigenvalue weighted by Gasteiger charge is -1.98. The van der Waals surface area contributed by atoms with Gasteiger partial charge in [0, 0.05) is 6.42 Å². The summed E-state index contributed by atoms with van der Waals surface area (Å²) >= 11 is 0. The summed E-state index contributed by atoms with van der Waals surface area (Å²) < 4.78 is 1.19. The van der Waals surface area contributed by atoms with Gasteiger partial charge in [-0.15, -0.1) is 11.7 Å². The van der Waals surface area contributed by atoms with E-state index in [1.165, 1.54) is 17.0 Å². The molecule has 0 radical (unpaired) electrons. The molecule has 7 nitrogen and oxygen atoms in total.